The minimum absolute atomic E-state index is 0.404. The first-order chi connectivity index (χ1) is 31.2. The molecule has 0 amide bonds. The third kappa shape index (κ3) is 6.90. The fourth-order valence-electron chi connectivity index (χ4n) is 8.89. The van der Waals surface area contributed by atoms with Gasteiger partial charge >= 0.3 is 0 Å². The van der Waals surface area contributed by atoms with Crippen molar-refractivity contribution in [3.8, 4) is 33.6 Å². The van der Waals surface area contributed by atoms with E-state index in [4.69, 9.17) is 15.0 Å². The number of pyridine rings is 1. The lowest BCUT2D eigenvalue weighted by Crippen LogP contribution is -2.07. The van der Waals surface area contributed by atoms with E-state index in [-0.39, 0.29) is 0 Å². The molecule has 11 rings (SSSR count). The molecule has 0 spiro atoms. The molecule has 0 N–H and O–H groups in total. The molecular weight excluding hydrogens is 769 g/mol. The number of aromatic nitrogens is 3. The van der Waals surface area contributed by atoms with Crippen molar-refractivity contribution in [2.75, 3.05) is 0 Å². The molecule has 63 heavy (non-hydrogen) atoms. The fourth-order valence-corrected chi connectivity index (χ4v) is 8.89. The smallest absolute Gasteiger partial charge is 0.179 e. The maximum Gasteiger partial charge on any atom is 0.179 e. The highest BCUT2D eigenvalue weighted by molar-refractivity contribution is 6.17. The lowest BCUT2D eigenvalue weighted by molar-refractivity contribution is 1.06. The van der Waals surface area contributed by atoms with Gasteiger partial charge in [0.25, 0.3) is 0 Å². The van der Waals surface area contributed by atoms with E-state index in [0.29, 0.717) is 23.9 Å². The second-order valence-electron chi connectivity index (χ2n) is 15.5. The zero-order valence-corrected chi connectivity index (χ0v) is 34.4. The highest BCUT2D eigenvalue weighted by Gasteiger charge is 2.19. The Bertz CT molecular complexity index is 3540. The standard InChI is InChI=1S/C57H40N6/c1-58-57(61-56(40-19-7-3-8-20-40)60-38-39-17-5-2-6-18-39)50-37-43(33-34-59-50)46-27-16-30-54-55(46)48-26-12-14-29-52(48)63(54)45-24-15-21-41(35-45)42-31-32-53-49(36-42)47-25-11-13-28-51(47)62(53)44-22-9-4-10-23-44/h2-37H,1,38H2. The summed E-state index contributed by atoms with van der Waals surface area (Å²) < 4.78 is 4.74. The van der Waals surface area contributed by atoms with Gasteiger partial charge in [-0.1, -0.05) is 146 Å². The van der Waals surface area contributed by atoms with Crippen LogP contribution in [0.4, 0.5) is 0 Å². The van der Waals surface area contributed by atoms with Crippen molar-refractivity contribution in [3.05, 3.63) is 235 Å². The molecule has 0 aliphatic rings. The minimum atomic E-state index is 0.404. The van der Waals surface area contributed by atoms with Gasteiger partial charge in [0.15, 0.2) is 11.7 Å². The molecule has 0 saturated carbocycles. The molecule has 8 aromatic carbocycles. The summed E-state index contributed by atoms with van der Waals surface area (Å²) in [4.78, 5) is 19.1. The van der Waals surface area contributed by atoms with Crippen molar-refractivity contribution in [1.82, 2.24) is 14.1 Å². The Hall–Kier alpha value is -8.48. The Labute approximate surface area is 365 Å². The van der Waals surface area contributed by atoms with Crippen LogP contribution in [0.1, 0.15) is 16.8 Å². The van der Waals surface area contributed by atoms with Crippen LogP contribution in [0.3, 0.4) is 0 Å². The lowest BCUT2D eigenvalue weighted by atomic mass is 9.99. The number of amidine groups is 2. The van der Waals surface area contributed by atoms with E-state index in [9.17, 15) is 0 Å². The van der Waals surface area contributed by atoms with Crippen molar-refractivity contribution < 1.29 is 0 Å². The Morgan fingerprint density at radius 2 is 1.08 bits per heavy atom. The van der Waals surface area contributed by atoms with Crippen LogP contribution in [0.2, 0.25) is 0 Å². The van der Waals surface area contributed by atoms with Crippen LogP contribution >= 0.6 is 0 Å². The molecule has 3 aromatic heterocycles. The summed E-state index contributed by atoms with van der Waals surface area (Å²) in [5, 5.41) is 4.78. The normalized spacial score (nSPS) is 12.1. The third-order valence-corrected chi connectivity index (χ3v) is 11.8. The number of nitrogens with zero attached hydrogens (tertiary/aromatic N) is 6. The van der Waals surface area contributed by atoms with E-state index in [1.54, 1.807) is 0 Å². The number of benzene rings is 8. The second kappa shape index (κ2) is 16.2. The molecule has 0 unspecified atom stereocenters. The Balaban J connectivity index is 1.00. The number of fused-ring (bicyclic) bond motifs is 6. The molecule has 3 heterocycles. The van der Waals surface area contributed by atoms with Crippen LogP contribution in [-0.2, 0) is 6.54 Å². The topological polar surface area (TPSA) is 59.8 Å². The maximum atomic E-state index is 4.99. The largest absolute Gasteiger partial charge is 0.309 e. The van der Waals surface area contributed by atoms with Crippen molar-refractivity contribution >= 4 is 62.0 Å². The zero-order valence-electron chi connectivity index (χ0n) is 34.4. The average molecular weight is 809 g/mol. The second-order valence-corrected chi connectivity index (χ2v) is 15.5. The van der Waals surface area contributed by atoms with E-state index in [2.05, 4.69) is 185 Å². The monoisotopic (exact) mass is 808 g/mol. The van der Waals surface area contributed by atoms with Gasteiger partial charge in [0.1, 0.15) is 5.69 Å². The van der Waals surface area contributed by atoms with Crippen molar-refractivity contribution in [1.29, 1.82) is 0 Å². The van der Waals surface area contributed by atoms with Gasteiger partial charge in [0, 0.05) is 44.7 Å². The van der Waals surface area contributed by atoms with E-state index in [1.807, 2.05) is 54.7 Å². The molecule has 6 heteroatoms. The highest BCUT2D eigenvalue weighted by Crippen LogP contribution is 2.40. The van der Waals surface area contributed by atoms with Crippen molar-refractivity contribution in [2.45, 2.75) is 6.54 Å². The van der Waals surface area contributed by atoms with Gasteiger partial charge in [-0.05, 0) is 101 Å². The Morgan fingerprint density at radius 3 is 1.87 bits per heavy atom. The first-order valence-electron chi connectivity index (χ1n) is 21.1. The van der Waals surface area contributed by atoms with Crippen LogP contribution in [0.5, 0.6) is 0 Å². The molecule has 0 saturated heterocycles. The lowest BCUT2D eigenvalue weighted by Gasteiger charge is -2.12. The summed E-state index contributed by atoms with van der Waals surface area (Å²) in [7, 11) is 0. The summed E-state index contributed by atoms with van der Waals surface area (Å²) in [5.41, 5.74) is 13.9. The number of para-hydroxylation sites is 3. The summed E-state index contributed by atoms with van der Waals surface area (Å²) >= 11 is 0. The van der Waals surface area contributed by atoms with E-state index in [0.717, 1.165) is 61.0 Å². The molecule has 6 nitrogen and oxygen atoms in total. The molecule has 0 aliphatic carbocycles. The van der Waals surface area contributed by atoms with Gasteiger partial charge in [-0.15, -0.1) is 0 Å². The van der Waals surface area contributed by atoms with Gasteiger partial charge < -0.3 is 9.13 Å². The number of rotatable bonds is 8. The Kier molecular flexibility index (Phi) is 9.63. The SMILES string of the molecule is C=NC(=NC(=NCc1ccccc1)c1ccccc1)c1cc(-c2cccc3c2c2ccccc2n3-c2cccc(-c3ccc4c(c3)c3ccccc3n4-c3ccccc3)c2)ccn1. The molecule has 0 aliphatic heterocycles. The summed E-state index contributed by atoms with van der Waals surface area (Å²) in [6.45, 7) is 4.41. The van der Waals surface area contributed by atoms with Crippen LogP contribution in [0.15, 0.2) is 233 Å². The maximum absolute atomic E-state index is 4.99. The van der Waals surface area contributed by atoms with Gasteiger partial charge in [-0.3, -0.25) is 9.98 Å². The predicted molar refractivity (Wildman–Crippen MR) is 263 cm³/mol. The van der Waals surface area contributed by atoms with E-state index >= 15 is 0 Å². The average Bonchev–Trinajstić information content (AvgIpc) is 3.88. The van der Waals surface area contributed by atoms with Gasteiger partial charge in [0.2, 0.25) is 0 Å². The van der Waals surface area contributed by atoms with E-state index in [1.165, 1.54) is 27.4 Å². The summed E-state index contributed by atoms with van der Waals surface area (Å²) in [6.07, 6.45) is 1.82. The van der Waals surface area contributed by atoms with Gasteiger partial charge in [-0.25, -0.2) is 9.98 Å². The van der Waals surface area contributed by atoms with Gasteiger partial charge in [0.05, 0.1) is 28.6 Å². The van der Waals surface area contributed by atoms with Crippen LogP contribution in [-0.4, -0.2) is 32.5 Å². The molecule has 0 radical (unpaired) electrons. The first kappa shape index (κ1) is 37.5. The molecule has 0 bridgehead atoms. The molecule has 11 aromatic rings. The third-order valence-electron chi connectivity index (χ3n) is 11.8. The zero-order chi connectivity index (χ0) is 42.1. The van der Waals surface area contributed by atoms with Crippen LogP contribution in [0, 0.1) is 0 Å². The highest BCUT2D eigenvalue weighted by atomic mass is 15.0. The predicted octanol–water partition coefficient (Wildman–Crippen LogP) is 13.7. The minimum Gasteiger partial charge on any atom is -0.309 e. The molecule has 0 fully saturated rings. The van der Waals surface area contributed by atoms with Crippen molar-refractivity contribution in [3.63, 3.8) is 0 Å². The number of hydrogen-bond donors (Lipinski definition) is 0. The first-order valence-corrected chi connectivity index (χ1v) is 21.1. The molecule has 0 atom stereocenters. The van der Waals surface area contributed by atoms with Crippen LogP contribution < -0.4 is 0 Å². The van der Waals surface area contributed by atoms with Gasteiger partial charge in [-0.2, -0.15) is 0 Å². The molecular formula is C57H40N6. The quantitative estimate of drug-likeness (QED) is 0.111. The van der Waals surface area contributed by atoms with Crippen LogP contribution in [0.25, 0.3) is 77.2 Å². The Morgan fingerprint density at radius 1 is 0.460 bits per heavy atom. The summed E-state index contributed by atoms with van der Waals surface area (Å²) in [5.74, 6) is 0.974. The fraction of sp³-hybridized carbons (Fsp3) is 0.0175. The van der Waals surface area contributed by atoms with E-state index < -0.39 is 0 Å². The summed E-state index contributed by atoms with van der Waals surface area (Å²) in [6, 6.07) is 74.5. The number of hydrogen-bond acceptors (Lipinski definition) is 2. The molecule has 298 valence electrons. The number of aliphatic imine (C=N–C) groups is 3. The van der Waals surface area contributed by atoms with Crippen molar-refractivity contribution in [2.24, 2.45) is 15.0 Å².